The van der Waals surface area contributed by atoms with Crippen molar-refractivity contribution in [3.05, 3.63) is 0 Å². The molecule has 1 rings (SSSR count). The molecule has 1 unspecified atom stereocenters. The van der Waals surface area contributed by atoms with Crippen LogP contribution in [0.25, 0.3) is 0 Å². The average Bonchev–Trinajstić information content (AvgIpc) is 2.26. The molecule has 0 aromatic heterocycles. The molecule has 1 N–H and O–H groups in total. The van der Waals surface area contributed by atoms with Crippen LogP contribution in [-0.2, 0) is 9.53 Å². The number of hydrogen-bond donors (Lipinski definition) is 1. The Bertz CT molecular complexity index is 200. The Morgan fingerprint density at radius 2 is 2.13 bits per heavy atom. The van der Waals surface area contributed by atoms with Crippen LogP contribution in [-0.4, -0.2) is 48.3 Å². The molecule has 0 saturated carbocycles. The second-order valence-corrected chi connectivity index (χ2v) is 4.20. The van der Waals surface area contributed by atoms with Crippen LogP contribution in [0.3, 0.4) is 0 Å². The van der Waals surface area contributed by atoms with Gasteiger partial charge in [-0.25, -0.2) is 0 Å². The number of amides is 1. The first kappa shape index (κ1) is 12.5. The molecule has 1 saturated heterocycles. The third kappa shape index (κ3) is 4.18. The van der Waals surface area contributed by atoms with Crippen molar-refractivity contribution in [3.8, 4) is 0 Å². The van der Waals surface area contributed by atoms with E-state index in [9.17, 15) is 9.90 Å². The lowest BCUT2D eigenvalue weighted by atomic mass is 10.1. The van der Waals surface area contributed by atoms with Gasteiger partial charge in [0.15, 0.2) is 0 Å². The maximum absolute atomic E-state index is 11.7. The van der Waals surface area contributed by atoms with Crippen LogP contribution in [0, 0.1) is 0 Å². The van der Waals surface area contributed by atoms with Gasteiger partial charge in [0, 0.05) is 26.6 Å². The Morgan fingerprint density at radius 1 is 1.53 bits per heavy atom. The molecule has 88 valence electrons. The summed E-state index contributed by atoms with van der Waals surface area (Å²) >= 11 is 0. The van der Waals surface area contributed by atoms with Crippen molar-refractivity contribution in [2.45, 2.75) is 44.8 Å². The lowest BCUT2D eigenvalue weighted by molar-refractivity contribution is -0.133. The molecule has 1 amide bonds. The third-order valence-electron chi connectivity index (χ3n) is 2.98. The Morgan fingerprint density at radius 3 is 2.67 bits per heavy atom. The molecule has 4 nitrogen and oxygen atoms in total. The molecule has 4 heteroatoms. The highest BCUT2D eigenvalue weighted by Gasteiger charge is 2.21. The lowest BCUT2D eigenvalue weighted by Crippen LogP contribution is -2.40. The summed E-state index contributed by atoms with van der Waals surface area (Å²) in [6, 6.07) is 0. The molecular weight excluding hydrogens is 194 g/mol. The fourth-order valence-corrected chi connectivity index (χ4v) is 1.72. The van der Waals surface area contributed by atoms with Gasteiger partial charge >= 0.3 is 0 Å². The summed E-state index contributed by atoms with van der Waals surface area (Å²) in [6.45, 7) is 3.36. The highest BCUT2D eigenvalue weighted by molar-refractivity contribution is 5.76. The molecule has 1 heterocycles. The van der Waals surface area contributed by atoms with E-state index in [2.05, 4.69) is 0 Å². The second kappa shape index (κ2) is 6.08. The highest BCUT2D eigenvalue weighted by atomic mass is 16.5. The van der Waals surface area contributed by atoms with Gasteiger partial charge < -0.3 is 14.7 Å². The van der Waals surface area contributed by atoms with Gasteiger partial charge in [-0.3, -0.25) is 4.79 Å². The van der Waals surface area contributed by atoms with E-state index in [0.29, 0.717) is 32.4 Å². The van der Waals surface area contributed by atoms with E-state index in [-0.39, 0.29) is 18.1 Å². The van der Waals surface area contributed by atoms with Crippen molar-refractivity contribution in [1.29, 1.82) is 0 Å². The molecule has 1 aliphatic rings. The molecule has 0 aromatic carbocycles. The summed E-state index contributed by atoms with van der Waals surface area (Å²) in [4.78, 5) is 13.6. The monoisotopic (exact) mass is 215 g/mol. The maximum Gasteiger partial charge on any atom is 0.222 e. The van der Waals surface area contributed by atoms with E-state index in [0.717, 1.165) is 6.42 Å². The summed E-state index contributed by atoms with van der Waals surface area (Å²) in [5.41, 5.74) is 0. The van der Waals surface area contributed by atoms with Gasteiger partial charge in [0.1, 0.15) is 0 Å². The summed E-state index contributed by atoms with van der Waals surface area (Å²) in [6.07, 6.45) is 2.67. The van der Waals surface area contributed by atoms with Crippen molar-refractivity contribution < 1.29 is 14.6 Å². The van der Waals surface area contributed by atoms with E-state index in [1.807, 2.05) is 11.8 Å². The molecule has 0 aromatic rings. The van der Waals surface area contributed by atoms with Crippen molar-refractivity contribution in [2.24, 2.45) is 0 Å². The number of ether oxygens (including phenoxy) is 1. The summed E-state index contributed by atoms with van der Waals surface area (Å²) in [7, 11) is 1.66. The van der Waals surface area contributed by atoms with E-state index >= 15 is 0 Å². The zero-order valence-corrected chi connectivity index (χ0v) is 9.61. The average molecular weight is 215 g/mol. The molecule has 0 radical (unpaired) electrons. The van der Waals surface area contributed by atoms with Gasteiger partial charge in [-0.15, -0.1) is 0 Å². The van der Waals surface area contributed by atoms with E-state index in [4.69, 9.17) is 4.74 Å². The molecule has 1 atom stereocenters. The molecular formula is C11H21NO3. The Labute approximate surface area is 91.2 Å². The van der Waals surface area contributed by atoms with Gasteiger partial charge in [-0.1, -0.05) is 0 Å². The number of nitrogens with zero attached hydrogens (tertiary/aromatic N) is 1. The minimum absolute atomic E-state index is 0.143. The number of aliphatic hydroxyl groups is 1. The lowest BCUT2D eigenvalue weighted by Gasteiger charge is -2.29. The number of aliphatic hydroxyl groups excluding tert-OH is 1. The highest BCUT2D eigenvalue weighted by Crippen LogP contribution is 2.12. The van der Waals surface area contributed by atoms with Crippen LogP contribution < -0.4 is 0 Å². The quantitative estimate of drug-likeness (QED) is 0.754. The largest absolute Gasteiger partial charge is 0.393 e. The fourth-order valence-electron chi connectivity index (χ4n) is 1.72. The zero-order chi connectivity index (χ0) is 11.3. The first-order chi connectivity index (χ1) is 7.13. The minimum Gasteiger partial charge on any atom is -0.393 e. The number of likely N-dealkylation sites (tertiary alicyclic amines) is 1. The third-order valence-corrected chi connectivity index (χ3v) is 2.98. The van der Waals surface area contributed by atoms with Crippen LogP contribution in [0.15, 0.2) is 0 Å². The van der Waals surface area contributed by atoms with Gasteiger partial charge in [-0.2, -0.15) is 0 Å². The zero-order valence-electron chi connectivity index (χ0n) is 9.61. The van der Waals surface area contributed by atoms with Gasteiger partial charge in [0.05, 0.1) is 12.2 Å². The minimum atomic E-state index is -0.216. The number of carbonyl (C=O) groups is 1. The maximum atomic E-state index is 11.7. The fraction of sp³-hybridized carbons (Fsp3) is 0.909. The predicted octanol–water partition coefficient (Wildman–Crippen LogP) is 0.785. The van der Waals surface area contributed by atoms with Gasteiger partial charge in [0.2, 0.25) is 5.91 Å². The molecule has 1 aliphatic heterocycles. The van der Waals surface area contributed by atoms with Crippen molar-refractivity contribution >= 4 is 5.91 Å². The smallest absolute Gasteiger partial charge is 0.222 e. The molecule has 15 heavy (non-hydrogen) atoms. The summed E-state index contributed by atoms with van der Waals surface area (Å²) in [5, 5.41) is 9.31. The SMILES string of the molecule is COC(C)CCC(=O)N1CCC(O)CC1. The summed E-state index contributed by atoms with van der Waals surface area (Å²) in [5.74, 6) is 0.186. The molecule has 0 aliphatic carbocycles. The second-order valence-electron chi connectivity index (χ2n) is 4.20. The van der Waals surface area contributed by atoms with Crippen molar-refractivity contribution in [3.63, 3.8) is 0 Å². The number of carbonyl (C=O) groups excluding carboxylic acids is 1. The Kier molecular flexibility index (Phi) is 5.05. The van der Waals surface area contributed by atoms with Crippen LogP contribution in [0.4, 0.5) is 0 Å². The van der Waals surface area contributed by atoms with Crippen molar-refractivity contribution in [2.75, 3.05) is 20.2 Å². The summed E-state index contributed by atoms with van der Waals surface area (Å²) < 4.78 is 5.09. The standard InChI is InChI=1S/C11H21NO3/c1-9(15-2)3-4-11(14)12-7-5-10(13)6-8-12/h9-10,13H,3-8H2,1-2H3. The number of methoxy groups -OCH3 is 1. The normalized spacial score (nSPS) is 20.3. The van der Waals surface area contributed by atoms with Crippen LogP contribution in [0.2, 0.25) is 0 Å². The topological polar surface area (TPSA) is 49.8 Å². The van der Waals surface area contributed by atoms with Gasteiger partial charge in [-0.05, 0) is 26.2 Å². The van der Waals surface area contributed by atoms with E-state index < -0.39 is 0 Å². The van der Waals surface area contributed by atoms with Crippen LogP contribution in [0.1, 0.15) is 32.6 Å². The van der Waals surface area contributed by atoms with E-state index in [1.165, 1.54) is 0 Å². The Balaban J connectivity index is 2.22. The number of rotatable bonds is 4. The molecule has 0 spiro atoms. The van der Waals surface area contributed by atoms with Crippen LogP contribution in [0.5, 0.6) is 0 Å². The van der Waals surface area contributed by atoms with Crippen molar-refractivity contribution in [1.82, 2.24) is 4.90 Å². The van der Waals surface area contributed by atoms with Gasteiger partial charge in [0.25, 0.3) is 0 Å². The Hall–Kier alpha value is -0.610. The predicted molar refractivity (Wildman–Crippen MR) is 57.5 cm³/mol. The molecule has 0 bridgehead atoms. The van der Waals surface area contributed by atoms with Crippen LogP contribution >= 0.6 is 0 Å². The van der Waals surface area contributed by atoms with E-state index in [1.54, 1.807) is 7.11 Å². The first-order valence-corrected chi connectivity index (χ1v) is 5.62. The number of piperidine rings is 1. The molecule has 1 fully saturated rings. The number of hydrogen-bond acceptors (Lipinski definition) is 3. The first-order valence-electron chi connectivity index (χ1n) is 5.62.